The Bertz CT molecular complexity index is 1180. The number of nitrogens with one attached hydrogen (secondary N) is 1. The smallest absolute Gasteiger partial charge is 0.329 e. The number of hydrogen-bond acceptors (Lipinski definition) is 3. The minimum atomic E-state index is -0.404. The molecule has 1 aliphatic heterocycles. The molecule has 0 unspecified atom stereocenters. The van der Waals surface area contributed by atoms with Gasteiger partial charge in [-0.3, -0.25) is 9.69 Å². The number of carbonyl (C=O) groups is 2. The zero-order chi connectivity index (χ0) is 22.0. The molecule has 1 N–H and O–H groups in total. The maximum atomic E-state index is 12.4. The van der Waals surface area contributed by atoms with Crippen LogP contribution in [0, 0.1) is 0 Å². The summed E-state index contributed by atoms with van der Waals surface area (Å²) in [5, 5.41) is 5.30. The number of imide groups is 1. The Kier molecular flexibility index (Phi) is 6.30. The average molecular weight is 500 g/mol. The van der Waals surface area contributed by atoms with Gasteiger partial charge < -0.3 is 10.1 Å². The van der Waals surface area contributed by atoms with Gasteiger partial charge in [0.25, 0.3) is 5.91 Å². The Morgan fingerprint density at radius 1 is 1.13 bits per heavy atom. The number of halogens is 2. The van der Waals surface area contributed by atoms with Crippen molar-refractivity contribution in [2.24, 2.45) is 0 Å². The minimum absolute atomic E-state index is 0.228. The molecule has 5 nitrogen and oxygen atoms in total. The van der Waals surface area contributed by atoms with Crippen molar-refractivity contribution in [2.75, 3.05) is 6.54 Å². The van der Waals surface area contributed by atoms with E-state index < -0.39 is 6.03 Å². The molecule has 1 heterocycles. The van der Waals surface area contributed by atoms with Crippen molar-refractivity contribution in [3.8, 4) is 5.75 Å². The number of ether oxygens (including phenoxy) is 1. The van der Waals surface area contributed by atoms with Crippen LogP contribution in [0.5, 0.6) is 5.75 Å². The number of urea groups is 1. The maximum absolute atomic E-state index is 12.4. The second-order valence-corrected chi connectivity index (χ2v) is 8.45. The first-order valence-electron chi connectivity index (χ1n) is 9.91. The molecule has 3 amide bonds. The van der Waals surface area contributed by atoms with E-state index >= 15 is 0 Å². The number of benzene rings is 3. The van der Waals surface area contributed by atoms with E-state index in [2.05, 4.69) is 39.4 Å². The number of hydrogen-bond donors (Lipinski definition) is 1. The van der Waals surface area contributed by atoms with Crippen LogP contribution in [-0.2, 0) is 11.4 Å². The summed E-state index contributed by atoms with van der Waals surface area (Å²) in [5.74, 6) is 0.182. The molecule has 0 bridgehead atoms. The number of amides is 3. The van der Waals surface area contributed by atoms with Crippen LogP contribution in [0.1, 0.15) is 24.5 Å². The summed E-state index contributed by atoms with van der Waals surface area (Å²) in [6, 6.07) is 17.3. The summed E-state index contributed by atoms with van der Waals surface area (Å²) >= 11 is 9.99. The zero-order valence-corrected chi connectivity index (χ0v) is 19.2. The van der Waals surface area contributed by atoms with Crippen LogP contribution in [0.2, 0.25) is 5.02 Å². The fourth-order valence-corrected chi connectivity index (χ4v) is 4.52. The molecule has 3 aromatic rings. The third-order valence-electron chi connectivity index (χ3n) is 4.99. The molecule has 1 aliphatic rings. The van der Waals surface area contributed by atoms with E-state index in [0.717, 1.165) is 16.3 Å². The lowest BCUT2D eigenvalue weighted by Gasteiger charge is -2.13. The molecule has 158 valence electrons. The second-order valence-electron chi connectivity index (χ2n) is 7.19. The van der Waals surface area contributed by atoms with E-state index in [9.17, 15) is 9.59 Å². The first kappa shape index (κ1) is 21.4. The van der Waals surface area contributed by atoms with E-state index in [1.54, 1.807) is 18.2 Å². The van der Waals surface area contributed by atoms with Crippen LogP contribution >= 0.6 is 27.5 Å². The molecule has 4 rings (SSSR count). The molecule has 0 aromatic heterocycles. The van der Waals surface area contributed by atoms with E-state index in [0.29, 0.717) is 40.4 Å². The summed E-state index contributed by atoms with van der Waals surface area (Å²) in [7, 11) is 0. The molecule has 3 aromatic carbocycles. The van der Waals surface area contributed by atoms with Crippen LogP contribution in [0.15, 0.2) is 64.8 Å². The van der Waals surface area contributed by atoms with Gasteiger partial charge in [-0.05, 0) is 62.5 Å². The molecular formula is C24H20BrClN2O3. The van der Waals surface area contributed by atoms with Gasteiger partial charge in [-0.25, -0.2) is 4.79 Å². The second kappa shape index (κ2) is 9.12. The van der Waals surface area contributed by atoms with Gasteiger partial charge in [0, 0.05) is 6.54 Å². The molecule has 0 radical (unpaired) electrons. The van der Waals surface area contributed by atoms with Crippen molar-refractivity contribution in [1.29, 1.82) is 0 Å². The van der Waals surface area contributed by atoms with Gasteiger partial charge in [-0.15, -0.1) is 0 Å². The normalized spacial score (nSPS) is 15.1. The van der Waals surface area contributed by atoms with Crippen molar-refractivity contribution in [3.63, 3.8) is 0 Å². The predicted octanol–water partition coefficient (Wildman–Crippen LogP) is 6.14. The van der Waals surface area contributed by atoms with Gasteiger partial charge in [0.05, 0.1) is 9.50 Å². The molecule has 0 saturated carbocycles. The highest BCUT2D eigenvalue weighted by molar-refractivity contribution is 9.10. The first-order valence-corrected chi connectivity index (χ1v) is 11.1. The van der Waals surface area contributed by atoms with Crippen LogP contribution in [-0.4, -0.2) is 23.4 Å². The van der Waals surface area contributed by atoms with Crippen molar-refractivity contribution in [1.82, 2.24) is 10.2 Å². The largest absolute Gasteiger partial charge is 0.486 e. The van der Waals surface area contributed by atoms with Crippen molar-refractivity contribution in [2.45, 2.75) is 20.0 Å². The molecule has 0 atom stereocenters. The highest BCUT2D eigenvalue weighted by atomic mass is 79.9. The predicted molar refractivity (Wildman–Crippen MR) is 126 cm³/mol. The molecule has 0 aliphatic carbocycles. The molecule has 0 spiro atoms. The highest BCUT2D eigenvalue weighted by Crippen LogP contribution is 2.36. The van der Waals surface area contributed by atoms with Crippen molar-refractivity contribution in [3.05, 3.63) is 80.9 Å². The van der Waals surface area contributed by atoms with E-state index in [1.165, 1.54) is 4.90 Å². The topological polar surface area (TPSA) is 58.6 Å². The van der Waals surface area contributed by atoms with Gasteiger partial charge in [0.1, 0.15) is 12.3 Å². The third kappa shape index (κ3) is 4.45. The van der Waals surface area contributed by atoms with Gasteiger partial charge in [-0.2, -0.15) is 0 Å². The number of rotatable bonds is 6. The van der Waals surface area contributed by atoms with E-state index in [-0.39, 0.29) is 11.6 Å². The summed E-state index contributed by atoms with van der Waals surface area (Å²) in [6.45, 7) is 2.66. The molecule has 7 heteroatoms. The van der Waals surface area contributed by atoms with E-state index in [1.807, 2.05) is 31.2 Å². The Hall–Kier alpha value is -2.83. The summed E-state index contributed by atoms with van der Waals surface area (Å²) in [6.07, 6.45) is 2.31. The average Bonchev–Trinajstić information content (AvgIpc) is 3.01. The Morgan fingerprint density at radius 2 is 1.90 bits per heavy atom. The molecule has 1 fully saturated rings. The zero-order valence-electron chi connectivity index (χ0n) is 16.8. The third-order valence-corrected chi connectivity index (χ3v) is 5.86. The van der Waals surface area contributed by atoms with Gasteiger partial charge in [0.2, 0.25) is 0 Å². The van der Waals surface area contributed by atoms with Crippen LogP contribution in [0.3, 0.4) is 0 Å². The highest BCUT2D eigenvalue weighted by Gasteiger charge is 2.32. The van der Waals surface area contributed by atoms with Gasteiger partial charge in [0.15, 0.2) is 5.75 Å². The lowest BCUT2D eigenvalue weighted by atomic mass is 10.1. The fraction of sp³-hybridized carbons (Fsp3) is 0.167. The number of nitrogens with zero attached hydrogens (tertiary/aromatic N) is 1. The van der Waals surface area contributed by atoms with Crippen LogP contribution in [0.25, 0.3) is 16.8 Å². The lowest BCUT2D eigenvalue weighted by molar-refractivity contribution is -0.122. The van der Waals surface area contributed by atoms with Crippen molar-refractivity contribution < 1.29 is 14.3 Å². The fourth-order valence-electron chi connectivity index (χ4n) is 3.53. The lowest BCUT2D eigenvalue weighted by Crippen LogP contribution is -2.31. The Balaban J connectivity index is 1.55. The quantitative estimate of drug-likeness (QED) is 0.327. The van der Waals surface area contributed by atoms with Crippen molar-refractivity contribution >= 4 is 56.3 Å². The molecule has 1 saturated heterocycles. The number of fused-ring (bicyclic) bond motifs is 1. The van der Waals surface area contributed by atoms with E-state index in [4.69, 9.17) is 16.3 Å². The van der Waals surface area contributed by atoms with Crippen LogP contribution < -0.4 is 10.1 Å². The van der Waals surface area contributed by atoms with Gasteiger partial charge in [-0.1, -0.05) is 61.0 Å². The van der Waals surface area contributed by atoms with Crippen LogP contribution in [0.4, 0.5) is 4.79 Å². The Labute approximate surface area is 193 Å². The molecular weight excluding hydrogens is 480 g/mol. The standard InChI is InChI=1S/C24H20BrClN2O3/c1-2-10-28-23(29)21(27-24(28)30)13-15-11-19(25)22(20(26)12-15)31-14-17-8-5-7-16-6-3-4-9-18(16)17/h3-9,11-13H,2,10,14H2,1H3,(H,27,30)/b21-13+. The summed E-state index contributed by atoms with van der Waals surface area (Å²) in [4.78, 5) is 25.6. The Morgan fingerprint density at radius 3 is 2.68 bits per heavy atom. The maximum Gasteiger partial charge on any atom is 0.329 e. The number of carbonyl (C=O) groups excluding carboxylic acids is 2. The first-order chi connectivity index (χ1) is 15.0. The SMILES string of the molecule is CCCN1C(=O)N/C(=C/c2cc(Cl)c(OCc3cccc4ccccc34)c(Br)c2)C1=O. The monoisotopic (exact) mass is 498 g/mol. The molecule has 31 heavy (non-hydrogen) atoms. The van der Waals surface area contributed by atoms with Gasteiger partial charge >= 0.3 is 6.03 Å². The minimum Gasteiger partial charge on any atom is -0.486 e. The summed E-state index contributed by atoms with van der Waals surface area (Å²) in [5.41, 5.74) is 1.96. The summed E-state index contributed by atoms with van der Waals surface area (Å²) < 4.78 is 6.69.